The molecule has 0 saturated heterocycles. The minimum absolute atomic E-state index is 0.265. The molecule has 0 aliphatic rings. The molecule has 0 amide bonds. The van der Waals surface area contributed by atoms with Crippen LogP contribution in [0.1, 0.15) is 0 Å². The molecule has 0 rings (SSSR count). The van der Waals surface area contributed by atoms with Crippen molar-refractivity contribution < 1.29 is 0 Å². The van der Waals surface area contributed by atoms with Crippen LogP contribution in [0.15, 0.2) is 0 Å². The van der Waals surface area contributed by atoms with Crippen LogP contribution in [0.5, 0.6) is 0 Å². The molecule has 0 aromatic heterocycles. The number of hydrogen-bond donors (Lipinski definition) is 2. The van der Waals surface area contributed by atoms with Gasteiger partial charge in [-0.05, 0) is 17.0 Å². The van der Waals surface area contributed by atoms with Gasteiger partial charge < -0.3 is 11.5 Å². The fraction of sp³-hybridized carbons (Fsp3) is 1.00. The molecule has 0 aromatic rings. The second kappa shape index (κ2) is 6.34. The van der Waals surface area contributed by atoms with Crippen molar-refractivity contribution >= 4 is 45.1 Å². The molecule has 0 heterocycles. The lowest BCUT2D eigenvalue weighted by atomic mass is 9.84. The van der Waals surface area contributed by atoms with Crippen LogP contribution in [0.25, 0.3) is 0 Å². The lowest BCUT2D eigenvalue weighted by molar-refractivity contribution is 0.998. The van der Waals surface area contributed by atoms with Gasteiger partial charge in [0.25, 0.3) is 0 Å². The number of nitrogens with two attached hydrogens (primary N) is 2. The molecule has 0 aliphatic carbocycles. The molecule has 0 saturated carbocycles. The first-order chi connectivity index (χ1) is 5.04. The topological polar surface area (TPSA) is 52.0 Å². The van der Waals surface area contributed by atoms with Crippen molar-refractivity contribution in [1.29, 1.82) is 0 Å². The summed E-state index contributed by atoms with van der Waals surface area (Å²) in [4.78, 5) is 0. The lowest BCUT2D eigenvalue weighted by Gasteiger charge is -2.15. The Bertz CT molecular complexity index is 103. The van der Waals surface area contributed by atoms with E-state index in [0.29, 0.717) is 5.75 Å². The van der Waals surface area contributed by atoms with Crippen molar-refractivity contribution in [2.24, 2.45) is 11.5 Å². The number of hydrogen-bond acceptors (Lipinski definition) is 4. The maximum absolute atomic E-state index is 5.51. The summed E-state index contributed by atoms with van der Waals surface area (Å²) in [7, 11) is 19.0. The maximum atomic E-state index is 5.51. The van der Waals surface area contributed by atoms with E-state index in [1.54, 1.807) is 0 Å². The van der Waals surface area contributed by atoms with E-state index in [1.807, 2.05) is 0 Å². The molecule has 0 aliphatic heterocycles. The Kier molecular flexibility index (Phi) is 6.81. The summed E-state index contributed by atoms with van der Waals surface area (Å²) >= 11 is 0. The monoisotopic (exact) mass is 182 g/mol. The zero-order valence-electron chi connectivity index (χ0n) is 6.14. The van der Waals surface area contributed by atoms with Gasteiger partial charge in [-0.15, -0.1) is 0 Å². The van der Waals surface area contributed by atoms with Gasteiger partial charge in [0, 0.05) is 5.75 Å². The van der Waals surface area contributed by atoms with Crippen LogP contribution in [-0.4, -0.2) is 46.3 Å². The molecule has 56 valence electrons. The Labute approximate surface area is 79.6 Å². The highest BCUT2D eigenvalue weighted by Crippen LogP contribution is 2.25. The summed E-state index contributed by atoms with van der Waals surface area (Å²) in [5.41, 5.74) is 10.6. The van der Waals surface area contributed by atoms with Crippen molar-refractivity contribution in [2.45, 2.75) is 17.0 Å². The van der Waals surface area contributed by atoms with Crippen molar-refractivity contribution in [3.8, 4) is 0 Å². The molecule has 3 atom stereocenters. The van der Waals surface area contributed by atoms with Crippen LogP contribution in [0.3, 0.4) is 0 Å². The zero-order chi connectivity index (χ0) is 8.85. The predicted molar refractivity (Wildman–Crippen MR) is 57.0 cm³/mol. The normalized spacial score (nSPS) is 19.1. The summed E-state index contributed by atoms with van der Waals surface area (Å²) in [6.45, 7) is 0. The van der Waals surface area contributed by atoms with Crippen molar-refractivity contribution in [1.82, 2.24) is 0 Å². The van der Waals surface area contributed by atoms with Crippen LogP contribution >= 0.6 is 21.6 Å². The van der Waals surface area contributed by atoms with Crippen molar-refractivity contribution in [3.05, 3.63) is 0 Å². The molecule has 3 unspecified atom stereocenters. The van der Waals surface area contributed by atoms with Gasteiger partial charge in [0.15, 0.2) is 0 Å². The van der Waals surface area contributed by atoms with E-state index in [-0.39, 0.29) is 11.1 Å². The lowest BCUT2D eigenvalue weighted by Crippen LogP contribution is -2.32. The molecule has 7 heteroatoms. The van der Waals surface area contributed by atoms with E-state index in [1.165, 1.54) is 21.6 Å². The van der Waals surface area contributed by atoms with Crippen LogP contribution in [-0.2, 0) is 0 Å². The first-order valence-electron chi connectivity index (χ1n) is 3.10. The second-order valence-electron chi connectivity index (χ2n) is 2.09. The SMILES string of the molecule is [B]C(N)CSSC([B])C([B])N. The van der Waals surface area contributed by atoms with E-state index >= 15 is 0 Å². The average Bonchev–Trinajstić information content (AvgIpc) is 1.86. The quantitative estimate of drug-likeness (QED) is 0.412. The van der Waals surface area contributed by atoms with E-state index in [0.717, 1.165) is 0 Å². The molecule has 6 radical (unpaired) electrons. The minimum Gasteiger partial charge on any atom is -0.336 e. The van der Waals surface area contributed by atoms with E-state index in [9.17, 15) is 0 Å². The minimum atomic E-state index is -0.499. The first kappa shape index (κ1) is 11.8. The fourth-order valence-electron chi connectivity index (χ4n) is 0.261. The first-order valence-corrected chi connectivity index (χ1v) is 5.48. The maximum Gasteiger partial charge on any atom is 0.0914 e. The van der Waals surface area contributed by atoms with E-state index in [4.69, 9.17) is 35.0 Å². The second-order valence-corrected chi connectivity index (χ2v) is 4.68. The van der Waals surface area contributed by atoms with Crippen LogP contribution in [0.4, 0.5) is 0 Å². The Morgan fingerprint density at radius 3 is 2.09 bits per heavy atom. The van der Waals surface area contributed by atoms with E-state index in [2.05, 4.69) is 0 Å². The molecule has 0 fully saturated rings. The summed E-state index contributed by atoms with van der Waals surface area (Å²) in [6, 6.07) is 0. The fourth-order valence-corrected chi connectivity index (χ4v) is 2.35. The van der Waals surface area contributed by atoms with Gasteiger partial charge in [-0.25, -0.2) is 0 Å². The summed E-state index contributed by atoms with van der Waals surface area (Å²) in [5.74, 6) is -0.166. The standard InChI is InChI=1S/C4H9B3N2S2/c5-2(8)1-10-11-4(7)3(6)9/h2-4H,1,8-9H2. The Hall–Kier alpha value is 0.815. The highest BCUT2D eigenvalue weighted by Gasteiger charge is 2.07. The molecular formula is C4H9B3N2S2. The predicted octanol–water partition coefficient (Wildman–Crippen LogP) is -1.23. The van der Waals surface area contributed by atoms with Gasteiger partial charge in [-0.3, -0.25) is 0 Å². The Balaban J connectivity index is 3.24. The smallest absolute Gasteiger partial charge is 0.0914 e. The van der Waals surface area contributed by atoms with E-state index < -0.39 is 5.94 Å². The molecule has 11 heavy (non-hydrogen) atoms. The zero-order valence-corrected chi connectivity index (χ0v) is 7.78. The largest absolute Gasteiger partial charge is 0.336 e. The highest BCUT2D eigenvalue weighted by atomic mass is 33.1. The Morgan fingerprint density at radius 1 is 1.18 bits per heavy atom. The molecular weight excluding hydrogens is 173 g/mol. The molecule has 2 nitrogen and oxygen atoms in total. The summed E-state index contributed by atoms with van der Waals surface area (Å²) in [6.07, 6.45) is 0. The van der Waals surface area contributed by atoms with Gasteiger partial charge >= 0.3 is 0 Å². The summed E-state index contributed by atoms with van der Waals surface area (Å²) in [5, 5.41) is -0.265. The summed E-state index contributed by atoms with van der Waals surface area (Å²) < 4.78 is 0. The van der Waals surface area contributed by atoms with Crippen molar-refractivity contribution in [2.75, 3.05) is 5.75 Å². The van der Waals surface area contributed by atoms with Gasteiger partial charge in [0.2, 0.25) is 0 Å². The highest BCUT2D eigenvalue weighted by molar-refractivity contribution is 8.77. The molecule has 0 bridgehead atoms. The van der Waals surface area contributed by atoms with Crippen LogP contribution < -0.4 is 11.5 Å². The molecule has 0 aromatic carbocycles. The third-order valence-electron chi connectivity index (χ3n) is 0.819. The van der Waals surface area contributed by atoms with Gasteiger partial charge in [0.1, 0.15) is 0 Å². The molecule has 4 N–H and O–H groups in total. The third kappa shape index (κ3) is 7.18. The van der Waals surface area contributed by atoms with Crippen LogP contribution in [0, 0.1) is 0 Å². The van der Waals surface area contributed by atoms with Gasteiger partial charge in [0.05, 0.1) is 23.5 Å². The molecule has 0 spiro atoms. The van der Waals surface area contributed by atoms with Crippen LogP contribution in [0.2, 0.25) is 0 Å². The number of rotatable bonds is 5. The Morgan fingerprint density at radius 2 is 1.73 bits per heavy atom. The average molecular weight is 182 g/mol. The van der Waals surface area contributed by atoms with Gasteiger partial charge in [-0.2, -0.15) is 0 Å². The van der Waals surface area contributed by atoms with Gasteiger partial charge in [-0.1, -0.05) is 21.6 Å². The van der Waals surface area contributed by atoms with Crippen molar-refractivity contribution in [3.63, 3.8) is 0 Å². The third-order valence-corrected chi connectivity index (χ3v) is 3.50.